The van der Waals surface area contributed by atoms with Crippen molar-refractivity contribution < 1.29 is 27.5 Å². The van der Waals surface area contributed by atoms with E-state index in [0.29, 0.717) is 45.1 Å². The molecular formula is C23H27N3O6S. The van der Waals surface area contributed by atoms with E-state index >= 15 is 0 Å². The summed E-state index contributed by atoms with van der Waals surface area (Å²) in [7, 11) is -3.81. The summed E-state index contributed by atoms with van der Waals surface area (Å²) in [4.78, 5) is 27.2. The molecule has 2 amide bonds. The van der Waals surface area contributed by atoms with Gasteiger partial charge in [0.2, 0.25) is 10.0 Å². The monoisotopic (exact) mass is 473 g/mol. The van der Waals surface area contributed by atoms with Crippen LogP contribution in [-0.4, -0.2) is 82.0 Å². The molecule has 2 fully saturated rings. The molecule has 0 radical (unpaired) electrons. The van der Waals surface area contributed by atoms with Gasteiger partial charge in [0.1, 0.15) is 0 Å². The molecule has 0 saturated carbocycles. The summed E-state index contributed by atoms with van der Waals surface area (Å²) >= 11 is 0. The molecule has 0 atom stereocenters. The maximum absolute atomic E-state index is 13.1. The standard InChI is InChI=1S/C23H27N3O6S/c27-22(20-3-1-2-4-21(20)33(29,30)26-11-15-32-16-12-26)24-17-18-5-7-19(8-6-18)23(28)25-9-13-31-14-10-25/h1-8H,9-17H2,(H,24,27). The number of morpholine rings is 2. The van der Waals surface area contributed by atoms with Crippen molar-refractivity contribution >= 4 is 21.8 Å². The fourth-order valence-corrected chi connectivity index (χ4v) is 5.39. The quantitative estimate of drug-likeness (QED) is 0.674. The first-order valence-electron chi connectivity index (χ1n) is 10.9. The third-order valence-electron chi connectivity index (χ3n) is 5.67. The van der Waals surface area contributed by atoms with Gasteiger partial charge in [-0.25, -0.2) is 8.42 Å². The Bertz CT molecular complexity index is 1090. The van der Waals surface area contributed by atoms with Crippen LogP contribution in [0.2, 0.25) is 0 Å². The van der Waals surface area contributed by atoms with Crippen LogP contribution >= 0.6 is 0 Å². The highest BCUT2D eigenvalue weighted by molar-refractivity contribution is 7.89. The van der Waals surface area contributed by atoms with Crippen LogP contribution in [-0.2, 0) is 26.0 Å². The molecule has 0 unspecified atom stereocenters. The molecule has 0 aromatic heterocycles. The number of amides is 2. The third-order valence-corrected chi connectivity index (χ3v) is 7.63. The minimum atomic E-state index is -3.81. The van der Waals surface area contributed by atoms with E-state index in [1.54, 1.807) is 41.3 Å². The molecule has 2 aromatic carbocycles. The van der Waals surface area contributed by atoms with Crippen LogP contribution < -0.4 is 5.32 Å². The number of ether oxygens (including phenoxy) is 2. The van der Waals surface area contributed by atoms with Crippen LogP contribution in [0.4, 0.5) is 0 Å². The molecule has 0 bridgehead atoms. The van der Waals surface area contributed by atoms with Gasteiger partial charge in [-0.05, 0) is 29.8 Å². The number of benzene rings is 2. The van der Waals surface area contributed by atoms with Crippen LogP contribution in [0, 0.1) is 0 Å². The van der Waals surface area contributed by atoms with Gasteiger partial charge in [-0.2, -0.15) is 4.31 Å². The van der Waals surface area contributed by atoms with Gasteiger partial charge in [0.15, 0.2) is 0 Å². The van der Waals surface area contributed by atoms with Gasteiger partial charge in [0.05, 0.1) is 36.9 Å². The Labute approximate surface area is 193 Å². The first-order valence-corrected chi connectivity index (χ1v) is 12.3. The second-order valence-corrected chi connectivity index (χ2v) is 9.70. The predicted molar refractivity (Wildman–Crippen MR) is 120 cm³/mol. The fourth-order valence-electron chi connectivity index (χ4n) is 3.80. The van der Waals surface area contributed by atoms with Gasteiger partial charge in [-0.1, -0.05) is 24.3 Å². The number of nitrogens with one attached hydrogen (secondary N) is 1. The van der Waals surface area contributed by atoms with E-state index in [2.05, 4.69) is 5.32 Å². The van der Waals surface area contributed by atoms with Gasteiger partial charge < -0.3 is 19.7 Å². The van der Waals surface area contributed by atoms with E-state index in [9.17, 15) is 18.0 Å². The molecule has 176 valence electrons. The number of nitrogens with zero attached hydrogens (tertiary/aromatic N) is 2. The second kappa shape index (κ2) is 10.4. The molecule has 33 heavy (non-hydrogen) atoms. The van der Waals surface area contributed by atoms with Crippen LogP contribution in [0.3, 0.4) is 0 Å². The maximum atomic E-state index is 13.1. The van der Waals surface area contributed by atoms with Crippen LogP contribution in [0.5, 0.6) is 0 Å². The van der Waals surface area contributed by atoms with Gasteiger partial charge in [0, 0.05) is 38.3 Å². The average molecular weight is 474 g/mol. The van der Waals surface area contributed by atoms with Crippen molar-refractivity contribution in [2.75, 3.05) is 52.6 Å². The average Bonchev–Trinajstić information content (AvgIpc) is 2.88. The van der Waals surface area contributed by atoms with E-state index in [0.717, 1.165) is 5.56 Å². The Morgan fingerprint density at radius 2 is 1.45 bits per heavy atom. The van der Waals surface area contributed by atoms with Crippen LogP contribution in [0.1, 0.15) is 26.3 Å². The summed E-state index contributed by atoms with van der Waals surface area (Å²) in [5.74, 6) is -0.521. The van der Waals surface area contributed by atoms with E-state index < -0.39 is 15.9 Å². The summed E-state index contributed by atoms with van der Waals surface area (Å²) in [6.45, 7) is 3.61. The predicted octanol–water partition coefficient (Wildman–Crippen LogP) is 1.11. The highest BCUT2D eigenvalue weighted by Crippen LogP contribution is 2.21. The molecule has 2 heterocycles. The van der Waals surface area contributed by atoms with E-state index in [1.807, 2.05) is 0 Å². The number of hydrogen-bond acceptors (Lipinski definition) is 6. The number of carbonyl (C=O) groups excluding carboxylic acids is 2. The SMILES string of the molecule is O=C(NCc1ccc(C(=O)N2CCOCC2)cc1)c1ccccc1S(=O)(=O)N1CCOCC1. The van der Waals surface area contributed by atoms with Gasteiger partial charge in [-0.3, -0.25) is 9.59 Å². The van der Waals surface area contributed by atoms with E-state index in [-0.39, 0.29) is 36.0 Å². The maximum Gasteiger partial charge on any atom is 0.254 e. The Kier molecular flexibility index (Phi) is 7.39. The summed E-state index contributed by atoms with van der Waals surface area (Å²) in [5.41, 5.74) is 1.48. The smallest absolute Gasteiger partial charge is 0.254 e. The lowest BCUT2D eigenvalue weighted by Crippen LogP contribution is -2.41. The normalized spacial score (nSPS) is 17.5. The molecule has 2 aliphatic rings. The summed E-state index contributed by atoms with van der Waals surface area (Å²) in [5, 5.41) is 2.78. The van der Waals surface area contributed by atoms with E-state index in [4.69, 9.17) is 9.47 Å². The summed E-state index contributed by atoms with van der Waals surface area (Å²) in [6, 6.07) is 13.2. The second-order valence-electron chi connectivity index (χ2n) is 7.80. The zero-order chi connectivity index (χ0) is 23.3. The molecule has 2 aromatic rings. The first-order chi connectivity index (χ1) is 16.0. The molecule has 10 heteroatoms. The van der Waals surface area contributed by atoms with Gasteiger partial charge in [-0.15, -0.1) is 0 Å². The molecule has 4 rings (SSSR count). The lowest BCUT2D eigenvalue weighted by atomic mass is 10.1. The van der Waals surface area contributed by atoms with Crippen molar-refractivity contribution in [2.45, 2.75) is 11.4 Å². The van der Waals surface area contributed by atoms with Crippen LogP contribution in [0.15, 0.2) is 53.4 Å². The minimum absolute atomic E-state index is 0.0177. The highest BCUT2D eigenvalue weighted by Gasteiger charge is 2.30. The molecular weight excluding hydrogens is 446 g/mol. The van der Waals surface area contributed by atoms with Gasteiger partial charge >= 0.3 is 0 Å². The zero-order valence-electron chi connectivity index (χ0n) is 18.2. The molecule has 1 N–H and O–H groups in total. The first kappa shape index (κ1) is 23.4. The third kappa shape index (κ3) is 5.41. The lowest BCUT2D eigenvalue weighted by Gasteiger charge is -2.27. The molecule has 0 spiro atoms. The summed E-state index contributed by atoms with van der Waals surface area (Å²) < 4.78 is 38.0. The van der Waals surface area contributed by atoms with Crippen molar-refractivity contribution in [3.8, 4) is 0 Å². The number of sulfonamides is 1. The Morgan fingerprint density at radius 3 is 2.12 bits per heavy atom. The number of carbonyl (C=O) groups is 2. The molecule has 0 aliphatic carbocycles. The number of hydrogen-bond donors (Lipinski definition) is 1. The van der Waals surface area contributed by atoms with Crippen molar-refractivity contribution in [2.24, 2.45) is 0 Å². The van der Waals surface area contributed by atoms with Crippen molar-refractivity contribution in [3.63, 3.8) is 0 Å². The zero-order valence-corrected chi connectivity index (χ0v) is 19.1. The van der Waals surface area contributed by atoms with E-state index in [1.165, 1.54) is 16.4 Å². The summed E-state index contributed by atoms with van der Waals surface area (Å²) in [6.07, 6.45) is 0. The van der Waals surface area contributed by atoms with Gasteiger partial charge in [0.25, 0.3) is 11.8 Å². The Morgan fingerprint density at radius 1 is 0.848 bits per heavy atom. The van der Waals surface area contributed by atoms with Crippen molar-refractivity contribution in [1.29, 1.82) is 0 Å². The van der Waals surface area contributed by atoms with Crippen molar-refractivity contribution in [3.05, 3.63) is 65.2 Å². The molecule has 2 saturated heterocycles. The topological polar surface area (TPSA) is 105 Å². The fraction of sp³-hybridized carbons (Fsp3) is 0.391. The minimum Gasteiger partial charge on any atom is -0.379 e. The molecule has 2 aliphatic heterocycles. The lowest BCUT2D eigenvalue weighted by molar-refractivity contribution is 0.0303. The Balaban J connectivity index is 1.42. The largest absolute Gasteiger partial charge is 0.379 e. The molecule has 9 nitrogen and oxygen atoms in total. The van der Waals surface area contributed by atoms with Crippen LogP contribution in [0.25, 0.3) is 0 Å². The number of rotatable bonds is 6. The highest BCUT2D eigenvalue weighted by atomic mass is 32.2. The van der Waals surface area contributed by atoms with Crippen molar-refractivity contribution in [1.82, 2.24) is 14.5 Å². The Hall–Kier alpha value is -2.79.